The van der Waals surface area contributed by atoms with E-state index < -0.39 is 5.97 Å². The molecule has 2 rings (SSSR count). The molecule has 1 amide bonds. The van der Waals surface area contributed by atoms with Gasteiger partial charge < -0.3 is 10.0 Å². The third kappa shape index (κ3) is 6.42. The van der Waals surface area contributed by atoms with Gasteiger partial charge in [0.25, 0.3) is 0 Å². The zero-order chi connectivity index (χ0) is 18.1. The molecule has 0 spiro atoms. The maximum Gasteiger partial charge on any atom is 0.303 e. The van der Waals surface area contributed by atoms with Gasteiger partial charge in [0.1, 0.15) is 0 Å². The summed E-state index contributed by atoms with van der Waals surface area (Å²) in [7, 11) is 1.74. The Hall–Kier alpha value is -2.62. The number of hydrogen-bond acceptors (Lipinski definition) is 2. The van der Waals surface area contributed by atoms with Crippen molar-refractivity contribution in [3.63, 3.8) is 0 Å². The molecule has 4 nitrogen and oxygen atoms in total. The standard InChI is InChI=1S/C21H25NO3/c1-22(14-8-13-21(24)25)20(23)16-19(18-11-6-3-7-12-18)15-17-9-4-2-5-10-17/h2-7,9-12,19H,8,13-16H2,1H3,(H,24,25). The number of carboxylic acids is 1. The Kier molecular flexibility index (Phi) is 7.20. The van der Waals surface area contributed by atoms with Crippen molar-refractivity contribution in [2.24, 2.45) is 0 Å². The predicted octanol–water partition coefficient (Wildman–Crippen LogP) is 3.73. The number of amides is 1. The van der Waals surface area contributed by atoms with Crippen molar-refractivity contribution in [2.75, 3.05) is 13.6 Å². The summed E-state index contributed by atoms with van der Waals surface area (Å²) in [5.74, 6) is -0.666. The largest absolute Gasteiger partial charge is 0.481 e. The van der Waals surface area contributed by atoms with Crippen molar-refractivity contribution in [3.8, 4) is 0 Å². The van der Waals surface area contributed by atoms with Crippen molar-refractivity contribution in [1.82, 2.24) is 4.90 Å². The van der Waals surface area contributed by atoms with Crippen LogP contribution in [0.2, 0.25) is 0 Å². The predicted molar refractivity (Wildman–Crippen MR) is 98.5 cm³/mol. The molecule has 25 heavy (non-hydrogen) atoms. The summed E-state index contributed by atoms with van der Waals surface area (Å²) in [5, 5.41) is 8.72. The Balaban J connectivity index is 2.02. The molecule has 0 aliphatic heterocycles. The van der Waals surface area contributed by atoms with Gasteiger partial charge in [-0.2, -0.15) is 0 Å². The minimum atomic E-state index is -0.827. The van der Waals surface area contributed by atoms with Crippen LogP contribution in [0.4, 0.5) is 0 Å². The van der Waals surface area contributed by atoms with Crippen LogP contribution in [0.25, 0.3) is 0 Å². The van der Waals surface area contributed by atoms with Crippen molar-refractivity contribution in [3.05, 3.63) is 71.8 Å². The molecule has 0 saturated carbocycles. The number of nitrogens with zero attached hydrogens (tertiary/aromatic N) is 1. The van der Waals surface area contributed by atoms with Crippen LogP contribution >= 0.6 is 0 Å². The first-order valence-corrected chi connectivity index (χ1v) is 8.61. The minimum Gasteiger partial charge on any atom is -0.481 e. The summed E-state index contributed by atoms with van der Waals surface area (Å²) in [6, 6.07) is 20.3. The zero-order valence-electron chi connectivity index (χ0n) is 14.6. The van der Waals surface area contributed by atoms with Crippen LogP contribution < -0.4 is 0 Å². The number of carbonyl (C=O) groups excluding carboxylic acids is 1. The fourth-order valence-corrected chi connectivity index (χ4v) is 2.89. The number of carboxylic acid groups (broad SMARTS) is 1. The molecule has 1 atom stereocenters. The van der Waals surface area contributed by atoms with Crippen LogP contribution in [-0.4, -0.2) is 35.5 Å². The fourth-order valence-electron chi connectivity index (χ4n) is 2.89. The Morgan fingerprint density at radius 2 is 1.60 bits per heavy atom. The lowest BCUT2D eigenvalue weighted by atomic mass is 9.89. The van der Waals surface area contributed by atoms with E-state index in [0.717, 1.165) is 12.0 Å². The number of aliphatic carboxylic acids is 1. The van der Waals surface area contributed by atoms with Crippen molar-refractivity contribution in [2.45, 2.75) is 31.6 Å². The van der Waals surface area contributed by atoms with E-state index in [1.807, 2.05) is 36.4 Å². The maximum absolute atomic E-state index is 12.6. The third-order valence-electron chi connectivity index (χ3n) is 4.33. The van der Waals surface area contributed by atoms with Crippen molar-refractivity contribution in [1.29, 1.82) is 0 Å². The molecule has 0 bridgehead atoms. The summed E-state index contributed by atoms with van der Waals surface area (Å²) in [6.07, 6.45) is 1.79. The Bertz CT molecular complexity index is 670. The van der Waals surface area contributed by atoms with E-state index >= 15 is 0 Å². The van der Waals surface area contributed by atoms with Gasteiger partial charge in [-0.15, -0.1) is 0 Å². The topological polar surface area (TPSA) is 57.6 Å². The van der Waals surface area contributed by atoms with Crippen LogP contribution in [0.1, 0.15) is 36.3 Å². The average molecular weight is 339 g/mol. The van der Waals surface area contributed by atoms with E-state index in [1.54, 1.807) is 11.9 Å². The first kappa shape index (κ1) is 18.7. The van der Waals surface area contributed by atoms with Gasteiger partial charge in [-0.05, 0) is 29.9 Å². The highest BCUT2D eigenvalue weighted by Gasteiger charge is 2.19. The third-order valence-corrected chi connectivity index (χ3v) is 4.33. The highest BCUT2D eigenvalue weighted by atomic mass is 16.4. The van der Waals surface area contributed by atoms with Gasteiger partial charge in [0.2, 0.25) is 5.91 Å². The van der Waals surface area contributed by atoms with E-state index in [1.165, 1.54) is 5.56 Å². The van der Waals surface area contributed by atoms with E-state index in [0.29, 0.717) is 19.4 Å². The second-order valence-electron chi connectivity index (χ2n) is 6.31. The lowest BCUT2D eigenvalue weighted by Gasteiger charge is -2.22. The minimum absolute atomic E-state index is 0.0511. The van der Waals surface area contributed by atoms with Gasteiger partial charge >= 0.3 is 5.97 Å². The summed E-state index contributed by atoms with van der Waals surface area (Å²) in [6.45, 7) is 0.470. The van der Waals surface area contributed by atoms with Crippen molar-refractivity contribution >= 4 is 11.9 Å². The van der Waals surface area contributed by atoms with Gasteiger partial charge in [0.05, 0.1) is 0 Å². The quantitative estimate of drug-likeness (QED) is 0.757. The lowest BCUT2D eigenvalue weighted by molar-refractivity contribution is -0.138. The number of carbonyl (C=O) groups is 2. The molecular formula is C21H25NO3. The second-order valence-corrected chi connectivity index (χ2v) is 6.31. The van der Waals surface area contributed by atoms with E-state index in [2.05, 4.69) is 24.3 Å². The molecule has 0 radical (unpaired) electrons. The lowest BCUT2D eigenvalue weighted by Crippen LogP contribution is -2.29. The number of hydrogen-bond donors (Lipinski definition) is 1. The second kappa shape index (κ2) is 9.62. The molecule has 132 valence electrons. The summed E-state index contributed by atoms with van der Waals surface area (Å²) < 4.78 is 0. The zero-order valence-corrected chi connectivity index (χ0v) is 14.6. The van der Waals surface area contributed by atoms with Gasteiger partial charge in [-0.3, -0.25) is 9.59 Å². The SMILES string of the molecule is CN(CCCC(=O)O)C(=O)CC(Cc1ccccc1)c1ccccc1. The Morgan fingerprint density at radius 1 is 1.00 bits per heavy atom. The van der Waals surface area contributed by atoms with E-state index in [9.17, 15) is 9.59 Å². The van der Waals surface area contributed by atoms with Crippen LogP contribution in [0, 0.1) is 0 Å². The maximum atomic E-state index is 12.6. The molecule has 1 unspecified atom stereocenters. The highest BCUT2D eigenvalue weighted by molar-refractivity contribution is 5.77. The number of rotatable bonds is 9. The van der Waals surface area contributed by atoms with Gasteiger partial charge in [0.15, 0.2) is 0 Å². The van der Waals surface area contributed by atoms with Crippen molar-refractivity contribution < 1.29 is 14.7 Å². The van der Waals surface area contributed by atoms with Gasteiger partial charge in [0, 0.05) is 26.4 Å². The molecular weight excluding hydrogens is 314 g/mol. The highest BCUT2D eigenvalue weighted by Crippen LogP contribution is 2.25. The van der Waals surface area contributed by atoms with E-state index in [4.69, 9.17) is 5.11 Å². The fraction of sp³-hybridized carbons (Fsp3) is 0.333. The van der Waals surface area contributed by atoms with Crippen LogP contribution in [-0.2, 0) is 16.0 Å². The summed E-state index contributed by atoms with van der Waals surface area (Å²) in [5.41, 5.74) is 2.36. The smallest absolute Gasteiger partial charge is 0.303 e. The first-order valence-electron chi connectivity index (χ1n) is 8.61. The summed E-state index contributed by atoms with van der Waals surface area (Å²) in [4.78, 5) is 24.8. The van der Waals surface area contributed by atoms with Crippen LogP contribution in [0.15, 0.2) is 60.7 Å². The molecule has 2 aromatic rings. The Morgan fingerprint density at radius 3 is 2.20 bits per heavy atom. The van der Waals surface area contributed by atoms with E-state index in [-0.39, 0.29) is 18.2 Å². The average Bonchev–Trinajstić information content (AvgIpc) is 2.62. The normalized spacial score (nSPS) is 11.7. The molecule has 4 heteroatoms. The molecule has 2 aromatic carbocycles. The molecule has 0 aromatic heterocycles. The van der Waals surface area contributed by atoms with Crippen LogP contribution in [0.5, 0.6) is 0 Å². The molecule has 0 aliphatic carbocycles. The molecule has 0 heterocycles. The van der Waals surface area contributed by atoms with Gasteiger partial charge in [-0.25, -0.2) is 0 Å². The van der Waals surface area contributed by atoms with Crippen LogP contribution in [0.3, 0.4) is 0 Å². The van der Waals surface area contributed by atoms with Gasteiger partial charge in [-0.1, -0.05) is 60.7 Å². The molecule has 1 N–H and O–H groups in total. The summed E-state index contributed by atoms with van der Waals surface area (Å²) >= 11 is 0. The number of benzene rings is 2. The first-order chi connectivity index (χ1) is 12.1. The molecule has 0 fully saturated rings. The monoisotopic (exact) mass is 339 g/mol. The molecule has 0 aliphatic rings. The Labute approximate surface area is 149 Å². The molecule has 0 saturated heterocycles.